The summed E-state index contributed by atoms with van der Waals surface area (Å²) in [5.41, 5.74) is 1.13. The average Bonchev–Trinajstić information content (AvgIpc) is 3.28. The summed E-state index contributed by atoms with van der Waals surface area (Å²) in [6, 6.07) is 6.28. The Morgan fingerprint density at radius 2 is 2.21 bits per heavy atom. The van der Waals surface area contributed by atoms with Crippen LogP contribution in [-0.2, 0) is 17.9 Å². The maximum Gasteiger partial charge on any atom is 0.233 e. The predicted octanol–water partition coefficient (Wildman–Crippen LogP) is 4.58. The van der Waals surface area contributed by atoms with Crippen LogP contribution in [0.1, 0.15) is 11.3 Å². The molecular weight excluding hydrogens is 415 g/mol. The molecule has 0 fully saturated rings. The molecule has 3 rings (SSSR count). The number of amides is 1. The maximum absolute atomic E-state index is 14.0. The Balaban J connectivity index is 1.71. The lowest BCUT2D eigenvalue weighted by molar-refractivity contribution is -0.127. The zero-order valence-corrected chi connectivity index (χ0v) is 17.6. The van der Waals surface area contributed by atoms with E-state index in [-0.39, 0.29) is 18.2 Å². The zero-order chi connectivity index (χ0) is 21.0. The highest BCUT2D eigenvalue weighted by Gasteiger charge is 2.19. The largest absolute Gasteiger partial charge is 0.469 e. The van der Waals surface area contributed by atoms with Gasteiger partial charge in [-0.05, 0) is 25.1 Å². The third-order valence-electron chi connectivity index (χ3n) is 4.34. The van der Waals surface area contributed by atoms with Crippen LogP contribution in [0.4, 0.5) is 4.39 Å². The lowest BCUT2D eigenvalue weighted by atomic mass is 10.2. The molecule has 29 heavy (non-hydrogen) atoms. The SMILES string of the molecule is C=CCn1c(SCC(=O)N(C)Cc2c(F)cccc2Cl)nnc1-c1ccoc1C. The maximum atomic E-state index is 14.0. The highest BCUT2D eigenvalue weighted by atomic mass is 35.5. The smallest absolute Gasteiger partial charge is 0.233 e. The molecule has 1 aromatic carbocycles. The van der Waals surface area contributed by atoms with Crippen molar-refractivity contribution in [2.75, 3.05) is 12.8 Å². The molecule has 0 aliphatic carbocycles. The van der Waals surface area contributed by atoms with E-state index in [1.165, 1.54) is 28.8 Å². The summed E-state index contributed by atoms with van der Waals surface area (Å²) in [7, 11) is 1.61. The first-order valence-electron chi connectivity index (χ1n) is 8.80. The lowest BCUT2D eigenvalue weighted by Gasteiger charge is -2.18. The van der Waals surface area contributed by atoms with E-state index in [4.69, 9.17) is 16.0 Å². The van der Waals surface area contributed by atoms with E-state index >= 15 is 0 Å². The number of hydrogen-bond acceptors (Lipinski definition) is 5. The first kappa shape index (κ1) is 21.1. The monoisotopic (exact) mass is 434 g/mol. The fourth-order valence-corrected chi connectivity index (χ4v) is 3.86. The molecule has 1 amide bonds. The zero-order valence-electron chi connectivity index (χ0n) is 16.1. The molecule has 0 aliphatic heterocycles. The average molecular weight is 435 g/mol. The first-order chi connectivity index (χ1) is 13.9. The third kappa shape index (κ3) is 4.71. The summed E-state index contributed by atoms with van der Waals surface area (Å²) in [5, 5.41) is 9.34. The highest BCUT2D eigenvalue weighted by molar-refractivity contribution is 7.99. The van der Waals surface area contributed by atoms with Crippen molar-refractivity contribution in [3.8, 4) is 11.4 Å². The second-order valence-electron chi connectivity index (χ2n) is 6.33. The molecule has 6 nitrogen and oxygen atoms in total. The molecule has 0 saturated heterocycles. The second kappa shape index (κ2) is 9.28. The summed E-state index contributed by atoms with van der Waals surface area (Å²) in [5.74, 6) is 0.899. The van der Waals surface area contributed by atoms with Crippen molar-refractivity contribution in [3.63, 3.8) is 0 Å². The van der Waals surface area contributed by atoms with Gasteiger partial charge >= 0.3 is 0 Å². The van der Waals surface area contributed by atoms with Gasteiger partial charge in [-0.3, -0.25) is 9.36 Å². The fraction of sp³-hybridized carbons (Fsp3) is 0.250. The summed E-state index contributed by atoms with van der Waals surface area (Å²) in [6.07, 6.45) is 3.33. The van der Waals surface area contributed by atoms with Gasteiger partial charge in [0.25, 0.3) is 0 Å². The lowest BCUT2D eigenvalue weighted by Crippen LogP contribution is -2.28. The van der Waals surface area contributed by atoms with Gasteiger partial charge in [-0.1, -0.05) is 35.5 Å². The molecule has 0 N–H and O–H groups in total. The van der Waals surface area contributed by atoms with E-state index < -0.39 is 5.82 Å². The first-order valence-corrected chi connectivity index (χ1v) is 10.2. The molecule has 2 heterocycles. The van der Waals surface area contributed by atoms with Crippen LogP contribution in [0.2, 0.25) is 5.02 Å². The summed E-state index contributed by atoms with van der Waals surface area (Å²) >= 11 is 7.31. The molecule has 0 atom stereocenters. The molecule has 0 radical (unpaired) electrons. The van der Waals surface area contributed by atoms with Crippen LogP contribution < -0.4 is 0 Å². The number of aromatic nitrogens is 3. The van der Waals surface area contributed by atoms with Gasteiger partial charge in [-0.2, -0.15) is 0 Å². The van der Waals surface area contributed by atoms with E-state index in [9.17, 15) is 9.18 Å². The molecule has 152 valence electrons. The van der Waals surface area contributed by atoms with E-state index in [1.54, 1.807) is 25.5 Å². The second-order valence-corrected chi connectivity index (χ2v) is 7.68. The number of thioether (sulfide) groups is 1. The number of furan rings is 1. The number of carbonyl (C=O) groups is 1. The van der Waals surface area contributed by atoms with Gasteiger partial charge in [0.05, 0.1) is 17.6 Å². The number of hydrogen-bond donors (Lipinski definition) is 0. The molecule has 2 aromatic heterocycles. The predicted molar refractivity (Wildman–Crippen MR) is 111 cm³/mol. The Kier molecular flexibility index (Phi) is 6.76. The van der Waals surface area contributed by atoms with E-state index in [0.717, 1.165) is 11.3 Å². The van der Waals surface area contributed by atoms with Gasteiger partial charge in [0.2, 0.25) is 5.91 Å². The van der Waals surface area contributed by atoms with Gasteiger partial charge in [0.15, 0.2) is 11.0 Å². The van der Waals surface area contributed by atoms with Crippen LogP contribution in [0, 0.1) is 12.7 Å². The molecule has 0 spiro atoms. The molecule has 9 heteroatoms. The number of nitrogens with zero attached hydrogens (tertiary/aromatic N) is 4. The summed E-state index contributed by atoms with van der Waals surface area (Å²) in [6.45, 7) is 6.20. The normalized spacial score (nSPS) is 10.9. The van der Waals surface area contributed by atoms with E-state index in [2.05, 4.69) is 16.8 Å². The number of benzene rings is 1. The molecule has 3 aromatic rings. The van der Waals surface area contributed by atoms with Crippen molar-refractivity contribution in [1.29, 1.82) is 0 Å². The molecule has 0 bridgehead atoms. The van der Waals surface area contributed by atoms with Crippen LogP contribution in [0.25, 0.3) is 11.4 Å². The van der Waals surface area contributed by atoms with Crippen molar-refractivity contribution in [3.05, 3.63) is 65.3 Å². The van der Waals surface area contributed by atoms with Crippen LogP contribution in [-0.4, -0.2) is 38.4 Å². The number of halogens is 2. The van der Waals surface area contributed by atoms with Gasteiger partial charge < -0.3 is 9.32 Å². The summed E-state index contributed by atoms with van der Waals surface area (Å²) < 4.78 is 21.2. The highest BCUT2D eigenvalue weighted by Crippen LogP contribution is 2.27. The minimum absolute atomic E-state index is 0.0870. The van der Waals surface area contributed by atoms with Crippen molar-refractivity contribution in [2.24, 2.45) is 0 Å². The molecule has 0 unspecified atom stereocenters. The van der Waals surface area contributed by atoms with Gasteiger partial charge in [0, 0.05) is 30.7 Å². The van der Waals surface area contributed by atoms with Crippen molar-refractivity contribution in [2.45, 2.75) is 25.2 Å². The van der Waals surface area contributed by atoms with Crippen LogP contribution in [0.15, 0.2) is 52.8 Å². The number of carbonyl (C=O) groups excluding carboxylic acids is 1. The van der Waals surface area contributed by atoms with Crippen LogP contribution >= 0.6 is 23.4 Å². The Bertz CT molecular complexity index is 1010. The Morgan fingerprint density at radius 3 is 2.86 bits per heavy atom. The van der Waals surface area contributed by atoms with Crippen molar-refractivity contribution in [1.82, 2.24) is 19.7 Å². The minimum Gasteiger partial charge on any atom is -0.469 e. The molecule has 0 saturated carbocycles. The third-order valence-corrected chi connectivity index (χ3v) is 5.64. The van der Waals surface area contributed by atoms with Gasteiger partial charge in [0.1, 0.15) is 11.6 Å². The van der Waals surface area contributed by atoms with Gasteiger partial charge in [-0.25, -0.2) is 4.39 Å². The van der Waals surface area contributed by atoms with E-state index in [0.29, 0.717) is 28.1 Å². The standard InChI is InChI=1S/C20H20ClFN4O2S/c1-4-9-26-19(14-8-10-28-13(14)2)23-24-20(26)29-12-18(27)25(3)11-15-16(21)6-5-7-17(15)22/h4-8,10H,1,9,11-12H2,2-3H3. The van der Waals surface area contributed by atoms with Crippen LogP contribution in [0.5, 0.6) is 0 Å². The van der Waals surface area contributed by atoms with E-state index in [1.807, 2.05) is 17.6 Å². The number of rotatable bonds is 8. The van der Waals surface area contributed by atoms with Crippen LogP contribution in [0.3, 0.4) is 0 Å². The number of allylic oxidation sites excluding steroid dienone is 1. The quantitative estimate of drug-likeness (QED) is 0.383. The Labute approximate surface area is 177 Å². The minimum atomic E-state index is -0.435. The molecular formula is C20H20ClFN4O2S. The molecule has 0 aliphatic rings. The van der Waals surface area contributed by atoms with Gasteiger partial charge in [-0.15, -0.1) is 16.8 Å². The van der Waals surface area contributed by atoms with Crippen molar-refractivity contribution < 1.29 is 13.6 Å². The summed E-state index contributed by atoms with van der Waals surface area (Å²) in [4.78, 5) is 14.0. The number of aryl methyl sites for hydroxylation is 1. The van der Waals surface area contributed by atoms with Crippen molar-refractivity contribution >= 4 is 29.3 Å². The fourth-order valence-electron chi connectivity index (χ4n) is 2.75. The topological polar surface area (TPSA) is 64.2 Å². The Morgan fingerprint density at radius 1 is 1.41 bits per heavy atom. The Hall–Kier alpha value is -2.58.